The van der Waals surface area contributed by atoms with Crippen LogP contribution in [-0.4, -0.2) is 8.07 Å². The van der Waals surface area contributed by atoms with Crippen molar-refractivity contribution >= 4 is 23.6 Å². The molecule has 28 heavy (non-hydrogen) atoms. The number of halogens is 3. The molecule has 0 amide bonds. The van der Waals surface area contributed by atoms with E-state index in [0.717, 1.165) is 6.42 Å². The van der Waals surface area contributed by atoms with E-state index in [1.807, 2.05) is 0 Å². The summed E-state index contributed by atoms with van der Waals surface area (Å²) in [5.41, 5.74) is 0. The first-order valence-electron chi connectivity index (χ1n) is 8.62. The zero-order valence-corrected chi connectivity index (χ0v) is 20.0. The molecule has 5 heteroatoms. The number of benzene rings is 3. The minimum atomic E-state index is -2.24. The van der Waals surface area contributed by atoms with Crippen LogP contribution in [0, 0.1) is 0 Å². The molecule has 0 heterocycles. The van der Waals surface area contributed by atoms with E-state index < -0.39 is 8.07 Å². The molecule has 0 fully saturated rings. The third kappa shape index (κ3) is 4.41. The molecule has 0 radical (unpaired) electrons. The second-order valence-corrected chi connectivity index (χ2v) is 11.0. The molecule has 0 spiro atoms. The van der Waals surface area contributed by atoms with Gasteiger partial charge in [0.2, 0.25) is 0 Å². The van der Waals surface area contributed by atoms with Crippen molar-refractivity contribution in [3.05, 3.63) is 112 Å². The summed E-state index contributed by atoms with van der Waals surface area (Å²) in [5.74, 6) is 0. The van der Waals surface area contributed by atoms with Crippen LogP contribution < -0.4 is 52.8 Å². The SMILES string of the molecule is [Cl-].[Cl-].[Cl-].[Ti+3][C]1=C([Si](c2ccccc2)(c2ccccc2)c2ccccc2)CC=C1. The maximum atomic E-state index is 2.32. The third-order valence-corrected chi connectivity index (χ3v) is 11.1. The van der Waals surface area contributed by atoms with Crippen LogP contribution in [0.15, 0.2) is 112 Å². The molecule has 0 saturated heterocycles. The Labute approximate surface area is 198 Å². The van der Waals surface area contributed by atoms with Crippen LogP contribution in [0.2, 0.25) is 0 Å². The molecule has 0 saturated carbocycles. The van der Waals surface area contributed by atoms with Crippen LogP contribution in [0.1, 0.15) is 6.42 Å². The quantitative estimate of drug-likeness (QED) is 0.260. The predicted molar refractivity (Wildman–Crippen MR) is 105 cm³/mol. The average molecular weight is 478 g/mol. The molecule has 0 aliphatic heterocycles. The molecule has 1 aliphatic carbocycles. The summed E-state index contributed by atoms with van der Waals surface area (Å²) >= 11 is 2.27. The van der Waals surface area contributed by atoms with Gasteiger partial charge in [-0.15, -0.1) is 0 Å². The van der Waals surface area contributed by atoms with Crippen molar-refractivity contribution in [1.29, 1.82) is 0 Å². The predicted octanol–water partition coefficient (Wildman–Crippen LogP) is -5.53. The zero-order valence-electron chi connectivity index (χ0n) is 15.2. The second-order valence-electron chi connectivity index (χ2n) is 6.35. The first kappa shape index (κ1) is 25.0. The van der Waals surface area contributed by atoms with E-state index in [4.69, 9.17) is 0 Å². The van der Waals surface area contributed by atoms with E-state index in [0.29, 0.717) is 0 Å². The second kappa shape index (κ2) is 11.2. The van der Waals surface area contributed by atoms with Gasteiger partial charge in [0, 0.05) is 0 Å². The fourth-order valence-electron chi connectivity index (χ4n) is 3.95. The van der Waals surface area contributed by atoms with Crippen LogP contribution in [0.5, 0.6) is 0 Å². The van der Waals surface area contributed by atoms with E-state index in [9.17, 15) is 0 Å². The summed E-state index contributed by atoms with van der Waals surface area (Å²) in [6.07, 6.45) is 5.67. The molecular formula is C23H19Cl3SiTi. The number of hydrogen-bond donors (Lipinski definition) is 0. The number of rotatable bonds is 4. The summed E-state index contributed by atoms with van der Waals surface area (Å²) in [6, 6.07) is 33.4. The molecule has 3 aromatic rings. The molecule has 0 nitrogen and oxygen atoms in total. The summed E-state index contributed by atoms with van der Waals surface area (Å²) < 4.78 is 1.43. The van der Waals surface area contributed by atoms with Gasteiger partial charge in [0.25, 0.3) is 0 Å². The van der Waals surface area contributed by atoms with Gasteiger partial charge in [-0.3, -0.25) is 0 Å². The standard InChI is InChI=1S/C23H19Si.3ClH.Ti/c1-4-12-20(13-5-1)24(23-18-10-11-19-23,21-14-6-2-7-15-21)22-16-8-3-9-17-22;;;;/h1-17H,18H2;3*1H;/q;;;;+3/p-3. The van der Waals surface area contributed by atoms with Gasteiger partial charge in [-0.2, -0.15) is 0 Å². The van der Waals surface area contributed by atoms with Gasteiger partial charge < -0.3 is 37.2 Å². The van der Waals surface area contributed by atoms with Gasteiger partial charge >= 0.3 is 163 Å². The van der Waals surface area contributed by atoms with Crippen LogP contribution in [-0.2, 0) is 20.4 Å². The molecule has 4 rings (SSSR count). The Morgan fingerprint density at radius 3 is 1.21 bits per heavy atom. The summed E-state index contributed by atoms with van der Waals surface area (Å²) in [5, 5.41) is 6.00. The Kier molecular flexibility index (Phi) is 10.0. The molecular weight excluding hydrogens is 459 g/mol. The first-order chi connectivity index (χ1) is 12.3. The third-order valence-electron chi connectivity index (χ3n) is 5.00. The molecule has 0 aromatic heterocycles. The van der Waals surface area contributed by atoms with Crippen molar-refractivity contribution < 1.29 is 57.7 Å². The minimum absolute atomic E-state index is 0. The van der Waals surface area contributed by atoms with E-state index in [1.165, 1.54) is 19.4 Å². The molecule has 0 bridgehead atoms. The Balaban J connectivity index is 0.00000131. The molecule has 0 N–H and O–H groups in total. The van der Waals surface area contributed by atoms with Crippen LogP contribution in [0.4, 0.5) is 0 Å². The van der Waals surface area contributed by atoms with Crippen molar-refractivity contribution in [2.45, 2.75) is 6.42 Å². The molecule has 1 aliphatic rings. The van der Waals surface area contributed by atoms with Crippen LogP contribution in [0.3, 0.4) is 0 Å². The van der Waals surface area contributed by atoms with Gasteiger partial charge in [-0.1, -0.05) is 0 Å². The van der Waals surface area contributed by atoms with Crippen molar-refractivity contribution in [2.24, 2.45) is 0 Å². The Morgan fingerprint density at radius 2 is 0.929 bits per heavy atom. The van der Waals surface area contributed by atoms with Crippen molar-refractivity contribution in [3.63, 3.8) is 0 Å². The topological polar surface area (TPSA) is 0 Å². The number of allylic oxidation sites excluding steroid dienone is 4. The molecule has 140 valence electrons. The van der Waals surface area contributed by atoms with E-state index >= 15 is 0 Å². The fraction of sp³-hybridized carbons (Fsp3) is 0.0435. The zero-order chi connectivity index (χ0) is 17.1. The summed E-state index contributed by atoms with van der Waals surface area (Å²) in [7, 11) is -2.24. The normalized spacial score (nSPS) is 12.6. The van der Waals surface area contributed by atoms with Crippen molar-refractivity contribution in [3.8, 4) is 0 Å². The van der Waals surface area contributed by atoms with Gasteiger partial charge in [0.05, 0.1) is 0 Å². The van der Waals surface area contributed by atoms with Gasteiger partial charge in [-0.05, 0) is 0 Å². The summed E-state index contributed by atoms with van der Waals surface area (Å²) in [4.78, 5) is 0. The van der Waals surface area contributed by atoms with Crippen LogP contribution in [0.25, 0.3) is 0 Å². The van der Waals surface area contributed by atoms with E-state index in [1.54, 1.807) is 5.20 Å². The van der Waals surface area contributed by atoms with Crippen molar-refractivity contribution in [2.75, 3.05) is 0 Å². The van der Waals surface area contributed by atoms with Crippen LogP contribution >= 0.6 is 0 Å². The monoisotopic (exact) mass is 476 g/mol. The number of hydrogen-bond acceptors (Lipinski definition) is 0. The summed E-state index contributed by atoms with van der Waals surface area (Å²) in [6.45, 7) is 0. The van der Waals surface area contributed by atoms with E-state index in [2.05, 4.69) is 124 Å². The van der Waals surface area contributed by atoms with Gasteiger partial charge in [0.1, 0.15) is 0 Å². The van der Waals surface area contributed by atoms with Crippen molar-refractivity contribution in [1.82, 2.24) is 0 Å². The van der Waals surface area contributed by atoms with Gasteiger partial charge in [0.15, 0.2) is 0 Å². The maximum absolute atomic E-state index is 2.32. The fourth-order valence-corrected chi connectivity index (χ4v) is 10.2. The van der Waals surface area contributed by atoms with Gasteiger partial charge in [-0.25, -0.2) is 0 Å². The Morgan fingerprint density at radius 1 is 0.571 bits per heavy atom. The van der Waals surface area contributed by atoms with E-state index in [-0.39, 0.29) is 37.2 Å². The average Bonchev–Trinajstić information content (AvgIpc) is 3.12. The Hall–Kier alpha value is -1.06. The Bertz CT molecular complexity index is 829. The molecule has 0 atom stereocenters. The molecule has 0 unspecified atom stereocenters. The first-order valence-corrected chi connectivity index (χ1v) is 11.4. The molecule has 3 aromatic carbocycles.